The predicted octanol–water partition coefficient (Wildman–Crippen LogP) is 4.91. The van der Waals surface area contributed by atoms with E-state index in [4.69, 9.17) is 13.6 Å². The van der Waals surface area contributed by atoms with Crippen molar-refractivity contribution in [2.24, 2.45) is 11.3 Å². The van der Waals surface area contributed by atoms with Crippen LogP contribution < -0.4 is 0 Å². The van der Waals surface area contributed by atoms with Crippen molar-refractivity contribution in [3.63, 3.8) is 0 Å². The second-order valence-electron chi connectivity index (χ2n) is 9.58. The van der Waals surface area contributed by atoms with E-state index >= 15 is 0 Å². The average Bonchev–Trinajstić information content (AvgIpc) is 2.92. The van der Waals surface area contributed by atoms with E-state index in [0.29, 0.717) is 17.5 Å². The number of aryl methyl sites for hydroxylation is 1. The average molecular weight is 391 g/mol. The molecule has 0 fully saturated rings. The number of furan rings is 1. The molecule has 1 heterocycles. The van der Waals surface area contributed by atoms with Crippen molar-refractivity contribution < 1.29 is 23.2 Å². The van der Waals surface area contributed by atoms with E-state index in [1.54, 1.807) is 14.0 Å². The third kappa shape index (κ3) is 2.93. The second-order valence-corrected chi connectivity index (χ2v) is 14.3. The Bertz CT molecular complexity index is 826. The Labute approximate surface area is 162 Å². The highest BCUT2D eigenvalue weighted by Gasteiger charge is 2.58. The lowest BCUT2D eigenvalue weighted by molar-refractivity contribution is 0.00596. The number of carbonyl (C=O) groups excluding carboxylic acids is 2. The molecule has 3 atom stereocenters. The van der Waals surface area contributed by atoms with Crippen LogP contribution in [0.25, 0.3) is 0 Å². The third-order valence-electron chi connectivity index (χ3n) is 6.60. The Morgan fingerprint density at radius 1 is 1.26 bits per heavy atom. The van der Waals surface area contributed by atoms with Gasteiger partial charge in [0.15, 0.2) is 11.5 Å². The van der Waals surface area contributed by atoms with Crippen molar-refractivity contribution in [3.8, 4) is 0 Å². The van der Waals surface area contributed by atoms with Gasteiger partial charge in [-0.25, -0.2) is 0 Å². The summed E-state index contributed by atoms with van der Waals surface area (Å²) in [5, 5.41) is 0.0336. The maximum Gasteiger partial charge on any atom is 0.250 e. The highest BCUT2D eigenvalue weighted by atomic mass is 28.4. The Morgan fingerprint density at radius 2 is 1.89 bits per heavy atom. The largest absolute Gasteiger partial charge is 0.547 e. The number of carbonyl (C=O) groups is 2. The van der Waals surface area contributed by atoms with Gasteiger partial charge in [-0.3, -0.25) is 9.59 Å². The summed E-state index contributed by atoms with van der Waals surface area (Å²) in [6.07, 6.45) is 3.28. The zero-order valence-corrected chi connectivity index (χ0v) is 18.6. The molecule has 0 unspecified atom stereocenters. The van der Waals surface area contributed by atoms with Gasteiger partial charge in [-0.1, -0.05) is 27.7 Å². The minimum Gasteiger partial charge on any atom is -0.547 e. The number of Topliss-reactive ketones (excluding diaryl/α,β-unsaturated/α-hetero) is 2. The molecule has 0 bridgehead atoms. The first kappa shape index (κ1) is 20.1. The van der Waals surface area contributed by atoms with Crippen LogP contribution >= 0.6 is 0 Å². The maximum atomic E-state index is 13.3. The number of allylic oxidation sites excluding steroid dienone is 1. The first-order chi connectivity index (χ1) is 12.3. The Hall–Kier alpha value is -1.66. The zero-order valence-electron chi connectivity index (χ0n) is 17.6. The molecule has 0 saturated carbocycles. The minimum absolute atomic E-state index is 0.0336. The van der Waals surface area contributed by atoms with Crippen LogP contribution in [-0.4, -0.2) is 33.1 Å². The monoisotopic (exact) mass is 390 g/mol. The summed E-state index contributed by atoms with van der Waals surface area (Å²) in [5.41, 5.74) is 0.181. The number of fused-ring (bicyclic) bond motifs is 2. The van der Waals surface area contributed by atoms with Crippen LogP contribution in [0.4, 0.5) is 0 Å². The van der Waals surface area contributed by atoms with Gasteiger partial charge >= 0.3 is 0 Å². The molecule has 0 N–H and O–H groups in total. The van der Waals surface area contributed by atoms with E-state index in [2.05, 4.69) is 33.9 Å². The van der Waals surface area contributed by atoms with Gasteiger partial charge in [-0.2, -0.15) is 0 Å². The fourth-order valence-corrected chi connectivity index (χ4v) is 5.02. The Morgan fingerprint density at radius 3 is 2.44 bits per heavy atom. The van der Waals surface area contributed by atoms with Crippen molar-refractivity contribution in [2.45, 2.75) is 65.3 Å². The smallest absolute Gasteiger partial charge is 0.250 e. The lowest BCUT2D eigenvalue weighted by Crippen LogP contribution is -2.53. The molecule has 1 aromatic rings. The number of rotatable bonds is 3. The maximum absolute atomic E-state index is 13.3. The zero-order chi connectivity index (χ0) is 20.4. The van der Waals surface area contributed by atoms with Crippen molar-refractivity contribution in [1.82, 2.24) is 0 Å². The first-order valence-electron chi connectivity index (χ1n) is 9.43. The topological polar surface area (TPSA) is 65.7 Å². The van der Waals surface area contributed by atoms with Gasteiger partial charge < -0.3 is 13.6 Å². The molecule has 0 amide bonds. The van der Waals surface area contributed by atoms with Crippen LogP contribution in [0, 0.1) is 18.3 Å². The number of ketones is 2. The molecule has 27 heavy (non-hydrogen) atoms. The lowest BCUT2D eigenvalue weighted by atomic mass is 9.59. The highest BCUT2D eigenvalue weighted by Crippen LogP contribution is 2.51. The summed E-state index contributed by atoms with van der Waals surface area (Å²) in [4.78, 5) is 26.6. The molecule has 0 spiro atoms. The molecule has 3 rings (SSSR count). The summed E-state index contributed by atoms with van der Waals surface area (Å²) in [5.74, 6) is 0.153. The van der Waals surface area contributed by atoms with E-state index in [1.165, 1.54) is 6.26 Å². The normalized spacial score (nSPS) is 28.5. The van der Waals surface area contributed by atoms with Crippen molar-refractivity contribution in [3.05, 3.63) is 35.0 Å². The van der Waals surface area contributed by atoms with E-state index in [9.17, 15) is 9.59 Å². The highest BCUT2D eigenvalue weighted by molar-refractivity contribution is 6.74. The molecule has 2 aliphatic carbocycles. The molecule has 0 radical (unpaired) electrons. The van der Waals surface area contributed by atoms with Gasteiger partial charge in [0.2, 0.25) is 14.1 Å². The Kier molecular flexibility index (Phi) is 4.59. The summed E-state index contributed by atoms with van der Waals surface area (Å²) in [7, 11) is -0.498. The van der Waals surface area contributed by atoms with Crippen LogP contribution in [0.1, 0.15) is 60.6 Å². The molecule has 148 valence electrons. The fourth-order valence-electron chi connectivity index (χ4n) is 3.92. The summed E-state index contributed by atoms with van der Waals surface area (Å²) >= 11 is 0. The summed E-state index contributed by atoms with van der Waals surface area (Å²) in [6, 6.07) is 0. The van der Waals surface area contributed by atoms with Gasteiger partial charge in [0.25, 0.3) is 0 Å². The molecule has 2 aliphatic rings. The SMILES string of the molecule is CO[C@H]1C=C(O[Si](C)(C)C(C)(C)C)C[C@@]2(C)C(=O)c3occ(C)c3C(=O)[C@@H]12. The standard InChI is InChI=1S/C21H30O5Si/c1-12-11-25-18-15(12)17(22)16-14(24-6)9-13(10-21(16,5)19(18)23)26-27(7,8)20(2,3)4/h9,11,14,16H,10H2,1-8H3/t14-,16+,21+/m0/s1. The quantitative estimate of drug-likeness (QED) is 0.686. The van der Waals surface area contributed by atoms with Crippen LogP contribution in [0.3, 0.4) is 0 Å². The van der Waals surface area contributed by atoms with Crippen LogP contribution in [0.2, 0.25) is 18.1 Å². The summed E-state index contributed by atoms with van der Waals surface area (Å²) < 4.78 is 17.6. The minimum atomic E-state index is -2.07. The number of methoxy groups -OCH3 is 1. The molecule has 0 saturated heterocycles. The van der Waals surface area contributed by atoms with E-state index in [1.807, 2.05) is 13.0 Å². The third-order valence-corrected chi connectivity index (χ3v) is 11.0. The van der Waals surface area contributed by atoms with Gasteiger partial charge in [-0.15, -0.1) is 0 Å². The van der Waals surface area contributed by atoms with E-state index < -0.39 is 25.8 Å². The molecule has 5 nitrogen and oxygen atoms in total. The predicted molar refractivity (Wildman–Crippen MR) is 105 cm³/mol. The molecule has 1 aromatic heterocycles. The van der Waals surface area contributed by atoms with Crippen LogP contribution in [0.5, 0.6) is 0 Å². The van der Waals surface area contributed by atoms with Crippen LogP contribution in [-0.2, 0) is 9.16 Å². The van der Waals surface area contributed by atoms with Crippen molar-refractivity contribution in [1.29, 1.82) is 0 Å². The Balaban J connectivity index is 2.06. The van der Waals surface area contributed by atoms with Crippen LogP contribution in [0.15, 0.2) is 22.5 Å². The number of ether oxygens (including phenoxy) is 1. The fraction of sp³-hybridized carbons (Fsp3) is 0.619. The number of hydrogen-bond acceptors (Lipinski definition) is 5. The van der Waals surface area contributed by atoms with Gasteiger partial charge in [-0.05, 0) is 36.7 Å². The molecular weight excluding hydrogens is 360 g/mol. The second kappa shape index (κ2) is 6.17. The first-order valence-corrected chi connectivity index (χ1v) is 12.3. The molecule has 0 aromatic carbocycles. The van der Waals surface area contributed by atoms with Gasteiger partial charge in [0, 0.05) is 13.5 Å². The summed E-state index contributed by atoms with van der Waals surface area (Å²) in [6.45, 7) is 14.5. The number of hydrogen-bond donors (Lipinski definition) is 0. The molecular formula is C21H30O5Si. The molecule has 0 aliphatic heterocycles. The van der Waals surface area contributed by atoms with Gasteiger partial charge in [0.05, 0.1) is 35.0 Å². The van der Waals surface area contributed by atoms with E-state index in [0.717, 1.165) is 5.76 Å². The van der Waals surface area contributed by atoms with Crippen molar-refractivity contribution >= 4 is 19.9 Å². The lowest BCUT2D eigenvalue weighted by Gasteiger charge is -2.46. The molecule has 6 heteroatoms. The van der Waals surface area contributed by atoms with E-state index in [-0.39, 0.29) is 22.4 Å². The van der Waals surface area contributed by atoms with Gasteiger partial charge in [0.1, 0.15) is 0 Å². The van der Waals surface area contributed by atoms with Crippen molar-refractivity contribution in [2.75, 3.05) is 7.11 Å².